The number of nitrogens with two attached hydrogens (primary N) is 1. The van der Waals surface area contributed by atoms with E-state index in [2.05, 4.69) is 4.98 Å². The Morgan fingerprint density at radius 1 is 1.36 bits per heavy atom. The smallest absolute Gasteiger partial charge is 0.202 e. The van der Waals surface area contributed by atoms with E-state index in [-0.39, 0.29) is 5.41 Å². The maximum absolute atomic E-state index is 5.86. The van der Waals surface area contributed by atoms with Gasteiger partial charge in [-0.15, -0.1) is 0 Å². The zero-order valence-electron chi connectivity index (χ0n) is 8.97. The summed E-state index contributed by atoms with van der Waals surface area (Å²) in [5.41, 5.74) is 6.90. The standard InChI is InChI=1S/C11H18N2O/c1-8-9(2)14-10(13-8)11(7-12)5-3-4-6-11/h3-7,12H2,1-2H3. The highest BCUT2D eigenvalue weighted by atomic mass is 16.4. The lowest BCUT2D eigenvalue weighted by atomic mass is 9.86. The van der Waals surface area contributed by atoms with Crippen molar-refractivity contribution in [1.82, 2.24) is 4.98 Å². The highest BCUT2D eigenvalue weighted by molar-refractivity contribution is 5.15. The summed E-state index contributed by atoms with van der Waals surface area (Å²) in [6.07, 6.45) is 4.75. The first-order valence-corrected chi connectivity index (χ1v) is 5.32. The fraction of sp³-hybridized carbons (Fsp3) is 0.727. The van der Waals surface area contributed by atoms with Gasteiger partial charge in [-0.2, -0.15) is 0 Å². The zero-order chi connectivity index (χ0) is 10.2. The van der Waals surface area contributed by atoms with E-state index < -0.39 is 0 Å². The van der Waals surface area contributed by atoms with Gasteiger partial charge in [0.05, 0.1) is 11.1 Å². The third-order valence-electron chi connectivity index (χ3n) is 3.43. The molecule has 1 aliphatic carbocycles. The van der Waals surface area contributed by atoms with Crippen molar-refractivity contribution in [3.05, 3.63) is 17.3 Å². The van der Waals surface area contributed by atoms with Gasteiger partial charge in [-0.05, 0) is 26.7 Å². The van der Waals surface area contributed by atoms with Crippen LogP contribution in [0.3, 0.4) is 0 Å². The topological polar surface area (TPSA) is 52.0 Å². The summed E-state index contributed by atoms with van der Waals surface area (Å²) < 4.78 is 5.70. The first-order chi connectivity index (χ1) is 6.68. The Labute approximate surface area is 84.7 Å². The molecule has 0 saturated heterocycles. The van der Waals surface area contributed by atoms with Crippen LogP contribution in [-0.4, -0.2) is 11.5 Å². The van der Waals surface area contributed by atoms with Crippen LogP contribution in [0.25, 0.3) is 0 Å². The van der Waals surface area contributed by atoms with E-state index in [1.165, 1.54) is 12.8 Å². The van der Waals surface area contributed by atoms with Crippen molar-refractivity contribution < 1.29 is 4.42 Å². The van der Waals surface area contributed by atoms with E-state index in [1.807, 2.05) is 13.8 Å². The van der Waals surface area contributed by atoms with E-state index in [0.29, 0.717) is 6.54 Å². The van der Waals surface area contributed by atoms with Crippen LogP contribution >= 0.6 is 0 Å². The highest BCUT2D eigenvalue weighted by Crippen LogP contribution is 2.40. The number of oxazole rings is 1. The van der Waals surface area contributed by atoms with Crippen LogP contribution in [0.5, 0.6) is 0 Å². The predicted octanol–water partition coefficient (Wildman–Crippen LogP) is 2.06. The maximum atomic E-state index is 5.86. The number of nitrogens with zero attached hydrogens (tertiary/aromatic N) is 1. The van der Waals surface area contributed by atoms with Gasteiger partial charge in [0.2, 0.25) is 5.89 Å². The molecule has 0 aromatic carbocycles. The summed E-state index contributed by atoms with van der Waals surface area (Å²) in [7, 11) is 0. The Morgan fingerprint density at radius 2 is 2.00 bits per heavy atom. The lowest BCUT2D eigenvalue weighted by molar-refractivity contribution is 0.325. The lowest BCUT2D eigenvalue weighted by Crippen LogP contribution is -2.32. The fourth-order valence-electron chi connectivity index (χ4n) is 2.26. The van der Waals surface area contributed by atoms with Gasteiger partial charge in [0.15, 0.2) is 0 Å². The van der Waals surface area contributed by atoms with Gasteiger partial charge in [-0.3, -0.25) is 0 Å². The van der Waals surface area contributed by atoms with E-state index in [9.17, 15) is 0 Å². The first-order valence-electron chi connectivity index (χ1n) is 5.32. The molecule has 2 rings (SSSR count). The molecule has 0 unspecified atom stereocenters. The van der Waals surface area contributed by atoms with Crippen LogP contribution in [0.1, 0.15) is 43.0 Å². The molecule has 0 bridgehead atoms. The highest BCUT2D eigenvalue weighted by Gasteiger charge is 2.38. The van der Waals surface area contributed by atoms with Crippen LogP contribution < -0.4 is 5.73 Å². The molecular weight excluding hydrogens is 176 g/mol. The normalized spacial score (nSPS) is 20.2. The van der Waals surface area contributed by atoms with Gasteiger partial charge in [0, 0.05) is 6.54 Å². The Kier molecular flexibility index (Phi) is 2.35. The second-order valence-corrected chi connectivity index (χ2v) is 4.35. The van der Waals surface area contributed by atoms with Crippen molar-refractivity contribution in [1.29, 1.82) is 0 Å². The van der Waals surface area contributed by atoms with Gasteiger partial charge in [0.1, 0.15) is 5.76 Å². The Morgan fingerprint density at radius 3 is 2.43 bits per heavy atom. The summed E-state index contributed by atoms with van der Waals surface area (Å²) in [5, 5.41) is 0. The molecule has 3 heteroatoms. The van der Waals surface area contributed by atoms with E-state index in [1.54, 1.807) is 0 Å². The molecule has 1 aliphatic rings. The maximum Gasteiger partial charge on any atom is 0.202 e. The van der Waals surface area contributed by atoms with Crippen LogP contribution in [-0.2, 0) is 5.41 Å². The quantitative estimate of drug-likeness (QED) is 0.784. The van der Waals surface area contributed by atoms with Gasteiger partial charge in [-0.25, -0.2) is 4.98 Å². The third kappa shape index (κ3) is 1.36. The minimum atomic E-state index is 0.0407. The molecule has 1 aromatic heterocycles. The van der Waals surface area contributed by atoms with Crippen molar-refractivity contribution >= 4 is 0 Å². The summed E-state index contributed by atoms with van der Waals surface area (Å²) in [6, 6.07) is 0. The molecular formula is C11H18N2O. The lowest BCUT2D eigenvalue weighted by Gasteiger charge is -2.22. The number of aromatic nitrogens is 1. The molecule has 0 amide bonds. The number of aryl methyl sites for hydroxylation is 2. The molecule has 0 radical (unpaired) electrons. The van der Waals surface area contributed by atoms with E-state index in [4.69, 9.17) is 10.2 Å². The van der Waals surface area contributed by atoms with Crippen molar-refractivity contribution in [2.24, 2.45) is 5.73 Å². The summed E-state index contributed by atoms with van der Waals surface area (Å²) in [5.74, 6) is 1.80. The molecule has 78 valence electrons. The average molecular weight is 194 g/mol. The number of hydrogen-bond donors (Lipinski definition) is 1. The molecule has 1 saturated carbocycles. The number of hydrogen-bond acceptors (Lipinski definition) is 3. The Bertz CT molecular complexity index is 305. The Hall–Kier alpha value is -0.830. The fourth-order valence-corrected chi connectivity index (χ4v) is 2.26. The summed E-state index contributed by atoms with van der Waals surface area (Å²) in [4.78, 5) is 4.49. The largest absolute Gasteiger partial charge is 0.445 e. The molecule has 14 heavy (non-hydrogen) atoms. The van der Waals surface area contributed by atoms with Crippen LogP contribution in [0.2, 0.25) is 0 Å². The Balaban J connectivity index is 2.36. The van der Waals surface area contributed by atoms with Crippen molar-refractivity contribution in [3.63, 3.8) is 0 Å². The van der Waals surface area contributed by atoms with Crippen molar-refractivity contribution in [2.45, 2.75) is 44.9 Å². The van der Waals surface area contributed by atoms with Crippen molar-refractivity contribution in [3.8, 4) is 0 Å². The first kappa shape index (κ1) is 9.71. The van der Waals surface area contributed by atoms with E-state index in [0.717, 1.165) is 30.2 Å². The van der Waals surface area contributed by atoms with Crippen LogP contribution in [0.15, 0.2) is 4.42 Å². The third-order valence-corrected chi connectivity index (χ3v) is 3.43. The second kappa shape index (κ2) is 3.39. The summed E-state index contributed by atoms with van der Waals surface area (Å²) >= 11 is 0. The molecule has 0 spiro atoms. The van der Waals surface area contributed by atoms with Gasteiger partial charge >= 0.3 is 0 Å². The van der Waals surface area contributed by atoms with Crippen molar-refractivity contribution in [2.75, 3.05) is 6.54 Å². The van der Waals surface area contributed by atoms with Crippen LogP contribution in [0, 0.1) is 13.8 Å². The molecule has 1 fully saturated rings. The van der Waals surface area contributed by atoms with Gasteiger partial charge in [-0.1, -0.05) is 12.8 Å². The zero-order valence-corrected chi connectivity index (χ0v) is 8.97. The van der Waals surface area contributed by atoms with Gasteiger partial charge in [0.25, 0.3) is 0 Å². The number of rotatable bonds is 2. The second-order valence-electron chi connectivity index (χ2n) is 4.35. The molecule has 1 heterocycles. The predicted molar refractivity (Wildman–Crippen MR) is 55.2 cm³/mol. The van der Waals surface area contributed by atoms with Gasteiger partial charge < -0.3 is 10.2 Å². The molecule has 0 aliphatic heterocycles. The molecule has 1 aromatic rings. The minimum Gasteiger partial charge on any atom is -0.445 e. The average Bonchev–Trinajstić information content (AvgIpc) is 2.75. The monoisotopic (exact) mass is 194 g/mol. The molecule has 2 N–H and O–H groups in total. The SMILES string of the molecule is Cc1nc(C2(CN)CCCC2)oc1C. The minimum absolute atomic E-state index is 0.0407. The molecule has 0 atom stereocenters. The summed E-state index contributed by atoms with van der Waals surface area (Å²) in [6.45, 7) is 4.61. The van der Waals surface area contributed by atoms with Crippen LogP contribution in [0.4, 0.5) is 0 Å². The molecule has 3 nitrogen and oxygen atoms in total. The van der Waals surface area contributed by atoms with E-state index >= 15 is 0 Å².